The number of nitrogens with one attached hydrogen (secondary N) is 3. The van der Waals surface area contributed by atoms with Gasteiger partial charge in [-0.1, -0.05) is 84.9 Å². The second-order valence-corrected chi connectivity index (χ2v) is 15.5. The van der Waals surface area contributed by atoms with E-state index in [0.717, 1.165) is 6.42 Å². The van der Waals surface area contributed by atoms with E-state index in [1.54, 1.807) is 90.2 Å². The number of imidazole rings is 2. The summed E-state index contributed by atoms with van der Waals surface area (Å²) in [6.45, 7) is 2.05. The van der Waals surface area contributed by atoms with Crippen molar-refractivity contribution in [1.82, 2.24) is 45.0 Å². The summed E-state index contributed by atoms with van der Waals surface area (Å²) in [6.07, 6.45) is 0.211. The van der Waals surface area contributed by atoms with Gasteiger partial charge in [0.2, 0.25) is 5.60 Å². The second-order valence-electron chi connectivity index (χ2n) is 15.5. The molecular formula is C45H43F3N10O6. The van der Waals surface area contributed by atoms with Gasteiger partial charge in [0.25, 0.3) is 11.8 Å². The zero-order chi connectivity index (χ0) is 45.2. The molecule has 2 fully saturated rings. The standard InChI is InChI=1S/C45H43F3N10O6/c1-44(64-42(49)61,30-13-7-4-8-14-30)41(60)58-22-10-16-33(58)39-54-34(36(56-39)45(46,47)48)27-17-19-28(20-18-27)37-50-23-29(24-51-37)31-25-52-38(53-31)32-15-9-21-57(32)40(59)35(55-43(62)63-2)26-11-5-3-6-12-26/h3-8,11-14,17-20,23-25,32-33,35H,9-10,15-16,21-22H2,1-2H3,(H2,49,61)(H,52,53)(H,54,56)(H,55,62)/t32-,33-,35+,44+/m0/s1. The molecule has 2 aliphatic heterocycles. The summed E-state index contributed by atoms with van der Waals surface area (Å²) in [4.78, 5) is 79.0. The molecule has 5 heterocycles. The number of hydrogen-bond donors (Lipinski definition) is 4. The zero-order valence-electron chi connectivity index (χ0n) is 34.6. The molecule has 330 valence electrons. The molecule has 5 N–H and O–H groups in total. The van der Waals surface area contributed by atoms with Crippen LogP contribution in [0.3, 0.4) is 0 Å². The number of rotatable bonds is 11. The Morgan fingerprint density at radius 1 is 0.781 bits per heavy atom. The molecular weight excluding hydrogens is 834 g/mol. The van der Waals surface area contributed by atoms with Crippen molar-refractivity contribution in [2.24, 2.45) is 5.73 Å². The summed E-state index contributed by atoms with van der Waals surface area (Å²) in [7, 11) is 1.23. The third-order valence-electron chi connectivity index (χ3n) is 11.5. The number of alkyl halides is 3. The molecule has 0 spiro atoms. The minimum Gasteiger partial charge on any atom is -0.453 e. The van der Waals surface area contributed by atoms with Crippen molar-refractivity contribution in [3.63, 3.8) is 0 Å². The van der Waals surface area contributed by atoms with Crippen LogP contribution in [0.25, 0.3) is 33.9 Å². The zero-order valence-corrected chi connectivity index (χ0v) is 34.6. The highest BCUT2D eigenvalue weighted by molar-refractivity contribution is 5.89. The van der Waals surface area contributed by atoms with E-state index in [0.29, 0.717) is 65.4 Å². The summed E-state index contributed by atoms with van der Waals surface area (Å²) in [5.74, 6) is -0.141. The van der Waals surface area contributed by atoms with Gasteiger partial charge < -0.3 is 40.3 Å². The highest BCUT2D eigenvalue weighted by Gasteiger charge is 2.47. The molecule has 3 aromatic heterocycles. The molecule has 4 atom stereocenters. The molecule has 16 nitrogen and oxygen atoms in total. The van der Waals surface area contributed by atoms with Crippen molar-refractivity contribution < 1.29 is 41.8 Å². The number of nitrogens with zero attached hydrogens (tertiary/aromatic N) is 6. The fourth-order valence-electron chi connectivity index (χ4n) is 8.36. The lowest BCUT2D eigenvalue weighted by atomic mass is 9.93. The van der Waals surface area contributed by atoms with E-state index in [1.165, 1.54) is 31.1 Å². The quantitative estimate of drug-likeness (QED) is 0.101. The largest absolute Gasteiger partial charge is 0.453 e. The smallest absolute Gasteiger partial charge is 0.435 e. The van der Waals surface area contributed by atoms with Gasteiger partial charge in [-0.25, -0.2) is 29.5 Å². The fourth-order valence-corrected chi connectivity index (χ4v) is 8.36. The predicted octanol–water partition coefficient (Wildman–Crippen LogP) is 7.38. The van der Waals surface area contributed by atoms with E-state index < -0.39 is 47.6 Å². The Morgan fingerprint density at radius 3 is 2.02 bits per heavy atom. The van der Waals surface area contributed by atoms with Gasteiger partial charge in [0.15, 0.2) is 11.5 Å². The lowest BCUT2D eigenvalue weighted by Crippen LogP contribution is -2.48. The normalized spacial score (nSPS) is 17.7. The molecule has 6 aromatic rings. The third-order valence-corrected chi connectivity index (χ3v) is 11.5. The molecule has 0 saturated carbocycles. The summed E-state index contributed by atoms with van der Waals surface area (Å²) in [6, 6.07) is 21.2. The van der Waals surface area contributed by atoms with Crippen LogP contribution in [-0.4, -0.2) is 83.9 Å². The van der Waals surface area contributed by atoms with E-state index in [9.17, 15) is 32.3 Å². The van der Waals surface area contributed by atoms with Crippen LogP contribution in [0, 0.1) is 0 Å². The van der Waals surface area contributed by atoms with Crippen molar-refractivity contribution in [3.8, 4) is 33.9 Å². The highest BCUT2D eigenvalue weighted by Crippen LogP contribution is 2.42. The lowest BCUT2D eigenvalue weighted by Gasteiger charge is -2.34. The van der Waals surface area contributed by atoms with Crippen LogP contribution in [0.2, 0.25) is 0 Å². The van der Waals surface area contributed by atoms with Gasteiger partial charge in [-0.3, -0.25) is 9.59 Å². The first-order valence-corrected chi connectivity index (χ1v) is 20.5. The maximum atomic E-state index is 14.6. The van der Waals surface area contributed by atoms with Crippen LogP contribution in [0.15, 0.2) is 104 Å². The SMILES string of the molecule is COC(=O)N[C@@H](C(=O)N1CCC[C@H]1c1ncc(-c2cnc(-c3ccc(-c4[nH]c([C@@H]5CCCN5C(=O)[C@](C)(OC(N)=O)c5ccccc5)nc4C(F)(F)F)cc3)nc2)[nH]1)c1ccccc1. The number of aromatic nitrogens is 6. The first kappa shape index (κ1) is 43.1. The van der Waals surface area contributed by atoms with Crippen molar-refractivity contribution in [2.75, 3.05) is 20.2 Å². The van der Waals surface area contributed by atoms with E-state index >= 15 is 0 Å². The average molecular weight is 877 g/mol. The first-order chi connectivity index (χ1) is 30.7. The van der Waals surface area contributed by atoms with Crippen molar-refractivity contribution in [2.45, 2.75) is 62.5 Å². The number of ether oxygens (including phenoxy) is 2. The second kappa shape index (κ2) is 17.7. The predicted molar refractivity (Wildman–Crippen MR) is 224 cm³/mol. The Morgan fingerprint density at radius 2 is 1.39 bits per heavy atom. The highest BCUT2D eigenvalue weighted by atomic mass is 19.4. The lowest BCUT2D eigenvalue weighted by molar-refractivity contribution is -0.151. The maximum absolute atomic E-state index is 14.6. The van der Waals surface area contributed by atoms with Crippen LogP contribution < -0.4 is 11.1 Å². The van der Waals surface area contributed by atoms with Gasteiger partial charge in [-0.15, -0.1) is 0 Å². The number of methoxy groups -OCH3 is 1. The maximum Gasteiger partial charge on any atom is 0.435 e. The Kier molecular flexibility index (Phi) is 11.9. The number of benzene rings is 3. The summed E-state index contributed by atoms with van der Waals surface area (Å²) in [5.41, 5.74) is 4.99. The molecule has 2 aliphatic rings. The van der Waals surface area contributed by atoms with E-state index in [2.05, 4.69) is 35.2 Å². The van der Waals surface area contributed by atoms with Gasteiger partial charge in [0, 0.05) is 47.7 Å². The number of hydrogen-bond acceptors (Lipinski definition) is 10. The van der Waals surface area contributed by atoms with Gasteiger partial charge in [0.05, 0.1) is 36.8 Å². The topological polar surface area (TPSA) is 214 Å². The first-order valence-electron chi connectivity index (χ1n) is 20.5. The van der Waals surface area contributed by atoms with E-state index in [-0.39, 0.29) is 35.6 Å². The van der Waals surface area contributed by atoms with Crippen LogP contribution in [0.4, 0.5) is 22.8 Å². The Bertz CT molecular complexity index is 2640. The fraction of sp³-hybridized carbons (Fsp3) is 0.289. The van der Waals surface area contributed by atoms with E-state index in [1.807, 2.05) is 6.07 Å². The number of aromatic amines is 2. The third kappa shape index (κ3) is 8.60. The minimum absolute atomic E-state index is 0.0631. The van der Waals surface area contributed by atoms with Gasteiger partial charge in [-0.05, 0) is 38.2 Å². The minimum atomic E-state index is -4.84. The monoisotopic (exact) mass is 876 g/mol. The van der Waals surface area contributed by atoms with Gasteiger partial charge >= 0.3 is 18.4 Å². The summed E-state index contributed by atoms with van der Waals surface area (Å²) >= 11 is 0. The summed E-state index contributed by atoms with van der Waals surface area (Å²) < 4.78 is 53.9. The molecule has 64 heavy (non-hydrogen) atoms. The van der Waals surface area contributed by atoms with Crippen LogP contribution in [-0.2, 0) is 30.8 Å². The molecule has 19 heteroatoms. The number of H-pyrrole nitrogens is 2. The molecule has 0 bridgehead atoms. The molecule has 0 radical (unpaired) electrons. The molecule has 2 saturated heterocycles. The van der Waals surface area contributed by atoms with Crippen LogP contribution in [0.5, 0.6) is 0 Å². The number of nitrogens with two attached hydrogens (primary N) is 1. The van der Waals surface area contributed by atoms with Crippen molar-refractivity contribution in [1.29, 1.82) is 0 Å². The molecule has 0 unspecified atom stereocenters. The van der Waals surface area contributed by atoms with Crippen LogP contribution >= 0.6 is 0 Å². The van der Waals surface area contributed by atoms with Crippen LogP contribution in [0.1, 0.15) is 79.2 Å². The molecule has 3 aromatic carbocycles. The molecule has 0 aliphatic carbocycles. The number of amides is 4. The number of alkyl carbamates (subject to hydrolysis) is 1. The van der Waals surface area contributed by atoms with E-state index in [4.69, 9.17) is 15.2 Å². The summed E-state index contributed by atoms with van der Waals surface area (Å²) in [5, 5.41) is 2.65. The Labute approximate surface area is 364 Å². The van der Waals surface area contributed by atoms with Gasteiger partial charge in [0.1, 0.15) is 17.7 Å². The number of primary amides is 1. The number of halogens is 3. The molecule has 8 rings (SSSR count). The Hall–Kier alpha value is -7.57. The van der Waals surface area contributed by atoms with Gasteiger partial charge in [-0.2, -0.15) is 13.2 Å². The number of likely N-dealkylation sites (tertiary alicyclic amines) is 2. The number of carbonyl (C=O) groups is 4. The van der Waals surface area contributed by atoms with Crippen molar-refractivity contribution in [3.05, 3.63) is 132 Å². The molecule has 4 amide bonds. The Balaban J connectivity index is 0.990. The number of carbonyl (C=O) groups excluding carboxylic acids is 4. The van der Waals surface area contributed by atoms with Crippen molar-refractivity contribution >= 4 is 24.0 Å². The average Bonchev–Trinajstić information content (AvgIpc) is 4.15.